The number of amides is 1. The van der Waals surface area contributed by atoms with Crippen LogP contribution in [-0.4, -0.2) is 41.9 Å². The molecule has 1 atom stereocenters. The van der Waals surface area contributed by atoms with Crippen molar-refractivity contribution in [3.05, 3.63) is 58.4 Å². The van der Waals surface area contributed by atoms with Gasteiger partial charge in [-0.3, -0.25) is 4.79 Å². The number of aryl methyl sites for hydroxylation is 1. The molecule has 3 N–H and O–H groups in total. The van der Waals surface area contributed by atoms with Gasteiger partial charge in [0.05, 0.1) is 15.4 Å². The smallest absolute Gasteiger partial charge is 0.416 e. The molecule has 0 spiro atoms. The molecule has 0 bridgehead atoms. The lowest BCUT2D eigenvalue weighted by Gasteiger charge is -2.16. The van der Waals surface area contributed by atoms with Crippen LogP contribution in [-0.2, 0) is 21.5 Å². The SMILES string of the molecule is Cc1cc(C2(O)CC2)nnc1Oc1nnc(C(F)(F)F)c(C)c1C(=O)Nc1cccc(S(C)(=N)=O)c1. The van der Waals surface area contributed by atoms with Gasteiger partial charge in [0.2, 0.25) is 5.88 Å². The van der Waals surface area contributed by atoms with E-state index in [1.807, 2.05) is 0 Å². The highest BCUT2D eigenvalue weighted by Crippen LogP contribution is 2.44. The van der Waals surface area contributed by atoms with Gasteiger partial charge >= 0.3 is 6.18 Å². The Labute approximate surface area is 203 Å². The minimum absolute atomic E-state index is 0.105. The number of aromatic nitrogens is 4. The largest absolute Gasteiger partial charge is 0.435 e. The van der Waals surface area contributed by atoms with E-state index in [2.05, 4.69) is 25.7 Å². The standard InChI is InChI=1S/C22H21F3N6O4S/c1-11-9-15(21(33)7-8-21)28-30-19(11)35-20-16(12(2)17(29-31-20)22(23,24)25)18(32)27-13-5-4-6-14(10-13)36(3,26)34/h4-6,9-10,26,33H,7-8H2,1-3H3,(H,27,32). The molecular formula is C22H21F3N6O4S. The molecule has 0 aliphatic heterocycles. The molecule has 1 saturated carbocycles. The lowest BCUT2D eigenvalue weighted by Crippen LogP contribution is -2.21. The molecule has 14 heteroatoms. The van der Waals surface area contributed by atoms with E-state index < -0.39 is 50.1 Å². The molecule has 36 heavy (non-hydrogen) atoms. The van der Waals surface area contributed by atoms with Crippen LogP contribution in [0.2, 0.25) is 0 Å². The number of carbonyl (C=O) groups excluding carboxylic acids is 1. The number of aliphatic hydroxyl groups is 1. The van der Waals surface area contributed by atoms with Crippen molar-refractivity contribution in [2.75, 3.05) is 11.6 Å². The Morgan fingerprint density at radius 2 is 1.81 bits per heavy atom. The third-order valence-electron chi connectivity index (χ3n) is 5.56. The van der Waals surface area contributed by atoms with Crippen LogP contribution in [0, 0.1) is 18.6 Å². The van der Waals surface area contributed by atoms with Gasteiger partial charge in [0.25, 0.3) is 11.8 Å². The monoisotopic (exact) mass is 522 g/mol. The van der Waals surface area contributed by atoms with E-state index in [9.17, 15) is 27.3 Å². The molecular weight excluding hydrogens is 501 g/mol. The third kappa shape index (κ3) is 5.14. The van der Waals surface area contributed by atoms with Crippen molar-refractivity contribution in [2.45, 2.75) is 43.4 Å². The van der Waals surface area contributed by atoms with Gasteiger partial charge in [-0.05, 0) is 56.5 Å². The van der Waals surface area contributed by atoms with Crippen molar-refractivity contribution in [1.29, 1.82) is 4.78 Å². The zero-order valence-electron chi connectivity index (χ0n) is 19.3. The first-order valence-corrected chi connectivity index (χ1v) is 12.5. The maximum Gasteiger partial charge on any atom is 0.435 e. The summed E-state index contributed by atoms with van der Waals surface area (Å²) in [6, 6.07) is 7.14. The highest BCUT2D eigenvalue weighted by molar-refractivity contribution is 7.91. The molecule has 190 valence electrons. The minimum atomic E-state index is -4.89. The summed E-state index contributed by atoms with van der Waals surface area (Å²) in [7, 11) is -3.10. The fourth-order valence-electron chi connectivity index (χ4n) is 3.39. The highest BCUT2D eigenvalue weighted by atomic mass is 32.2. The number of carbonyl (C=O) groups is 1. The van der Waals surface area contributed by atoms with Crippen molar-refractivity contribution < 1.29 is 32.0 Å². The van der Waals surface area contributed by atoms with E-state index >= 15 is 0 Å². The molecule has 1 aliphatic carbocycles. The van der Waals surface area contributed by atoms with E-state index in [0.717, 1.165) is 6.92 Å². The molecule has 1 fully saturated rings. The van der Waals surface area contributed by atoms with Gasteiger partial charge in [0.1, 0.15) is 11.2 Å². The molecule has 1 aliphatic rings. The lowest BCUT2D eigenvalue weighted by atomic mass is 10.1. The molecule has 1 aromatic carbocycles. The first kappa shape index (κ1) is 25.4. The molecule has 2 aromatic heterocycles. The summed E-state index contributed by atoms with van der Waals surface area (Å²) in [5.41, 5.74) is -2.65. The number of nitrogens with one attached hydrogen (secondary N) is 2. The highest BCUT2D eigenvalue weighted by Gasteiger charge is 2.44. The van der Waals surface area contributed by atoms with Gasteiger partial charge in [0, 0.05) is 22.4 Å². The second-order valence-corrected chi connectivity index (χ2v) is 10.7. The first-order valence-electron chi connectivity index (χ1n) is 10.5. The van der Waals surface area contributed by atoms with Gasteiger partial charge in [-0.25, -0.2) is 8.99 Å². The number of hydrogen-bond donors (Lipinski definition) is 3. The zero-order valence-corrected chi connectivity index (χ0v) is 20.1. The Morgan fingerprint density at radius 3 is 2.39 bits per heavy atom. The van der Waals surface area contributed by atoms with Crippen molar-refractivity contribution in [2.24, 2.45) is 0 Å². The average Bonchev–Trinajstić information content (AvgIpc) is 3.52. The number of halogens is 3. The second-order valence-electron chi connectivity index (χ2n) is 8.53. The van der Waals surface area contributed by atoms with Crippen molar-refractivity contribution in [3.63, 3.8) is 0 Å². The van der Waals surface area contributed by atoms with E-state index in [4.69, 9.17) is 9.52 Å². The number of rotatable bonds is 6. The molecule has 1 amide bonds. The summed E-state index contributed by atoms with van der Waals surface area (Å²) < 4.78 is 65.9. The van der Waals surface area contributed by atoms with Crippen LogP contribution in [0.5, 0.6) is 11.8 Å². The van der Waals surface area contributed by atoms with Crippen LogP contribution in [0.4, 0.5) is 18.9 Å². The summed E-state index contributed by atoms with van der Waals surface area (Å²) in [6.07, 6.45) is -2.63. The van der Waals surface area contributed by atoms with Crippen molar-refractivity contribution in [1.82, 2.24) is 20.4 Å². The molecule has 2 heterocycles. The summed E-state index contributed by atoms with van der Waals surface area (Å²) in [4.78, 5) is 13.3. The fourth-order valence-corrected chi connectivity index (χ4v) is 4.08. The summed E-state index contributed by atoms with van der Waals surface area (Å²) in [6.45, 7) is 2.65. The molecule has 0 saturated heterocycles. The van der Waals surface area contributed by atoms with Gasteiger partial charge in [0.15, 0.2) is 5.69 Å². The summed E-state index contributed by atoms with van der Waals surface area (Å²) in [5, 5.41) is 27.2. The van der Waals surface area contributed by atoms with E-state index in [0.29, 0.717) is 24.1 Å². The second kappa shape index (κ2) is 8.78. The van der Waals surface area contributed by atoms with Crippen LogP contribution in [0.15, 0.2) is 35.2 Å². The van der Waals surface area contributed by atoms with E-state index in [1.54, 1.807) is 6.92 Å². The Morgan fingerprint density at radius 1 is 1.14 bits per heavy atom. The van der Waals surface area contributed by atoms with Crippen molar-refractivity contribution in [3.8, 4) is 11.8 Å². The van der Waals surface area contributed by atoms with Gasteiger partial charge < -0.3 is 15.2 Å². The molecule has 1 unspecified atom stereocenters. The Kier molecular flexibility index (Phi) is 6.21. The fraction of sp³-hybridized carbons (Fsp3) is 0.318. The Balaban J connectivity index is 1.73. The van der Waals surface area contributed by atoms with Crippen LogP contribution in [0.25, 0.3) is 0 Å². The van der Waals surface area contributed by atoms with E-state index in [-0.39, 0.29) is 16.5 Å². The van der Waals surface area contributed by atoms with Crippen LogP contribution in [0.3, 0.4) is 0 Å². The normalized spacial score (nSPS) is 16.2. The quantitative estimate of drug-likeness (QED) is 0.440. The number of anilines is 1. The first-order chi connectivity index (χ1) is 16.7. The molecule has 3 aromatic rings. The Hall–Kier alpha value is -3.65. The number of ether oxygens (including phenoxy) is 1. The van der Waals surface area contributed by atoms with Gasteiger partial charge in [-0.2, -0.15) is 13.2 Å². The average molecular weight is 523 g/mol. The van der Waals surface area contributed by atoms with Crippen LogP contribution < -0.4 is 10.1 Å². The summed E-state index contributed by atoms with van der Waals surface area (Å²) in [5.74, 6) is -1.67. The maximum absolute atomic E-state index is 13.5. The van der Waals surface area contributed by atoms with Gasteiger partial charge in [-0.1, -0.05) is 6.07 Å². The zero-order chi connectivity index (χ0) is 26.5. The predicted molar refractivity (Wildman–Crippen MR) is 121 cm³/mol. The van der Waals surface area contributed by atoms with Crippen LogP contribution in [0.1, 0.15) is 45.7 Å². The Bertz CT molecular complexity index is 1470. The van der Waals surface area contributed by atoms with E-state index in [1.165, 1.54) is 36.6 Å². The summed E-state index contributed by atoms with van der Waals surface area (Å²) >= 11 is 0. The molecule has 4 rings (SSSR count). The maximum atomic E-state index is 13.5. The number of nitrogens with zero attached hydrogens (tertiary/aromatic N) is 4. The molecule has 10 nitrogen and oxygen atoms in total. The topological polar surface area (TPSA) is 151 Å². The minimum Gasteiger partial charge on any atom is -0.416 e. The lowest BCUT2D eigenvalue weighted by molar-refractivity contribution is -0.142. The third-order valence-corrected chi connectivity index (χ3v) is 6.71. The number of benzene rings is 1. The van der Waals surface area contributed by atoms with Crippen molar-refractivity contribution >= 4 is 21.3 Å². The predicted octanol–water partition coefficient (Wildman–Crippen LogP) is 3.96. The number of alkyl halides is 3. The molecule has 0 radical (unpaired) electrons. The van der Waals surface area contributed by atoms with Gasteiger partial charge in [-0.15, -0.1) is 20.4 Å². The van der Waals surface area contributed by atoms with Crippen LogP contribution >= 0.6 is 0 Å². The number of hydrogen-bond acceptors (Lipinski definition) is 9.